The smallest absolute Gasteiger partial charge is 0.335 e. The van der Waals surface area contributed by atoms with Crippen LogP contribution in [0.3, 0.4) is 0 Å². The molecule has 0 spiro atoms. The van der Waals surface area contributed by atoms with Crippen LogP contribution in [0.4, 0.5) is 5.82 Å². The van der Waals surface area contributed by atoms with Crippen LogP contribution in [0, 0.1) is 5.92 Å². The van der Waals surface area contributed by atoms with Gasteiger partial charge in [0.15, 0.2) is 0 Å². The predicted molar refractivity (Wildman–Crippen MR) is 61.8 cm³/mol. The molecule has 16 heavy (non-hydrogen) atoms. The van der Waals surface area contributed by atoms with Crippen molar-refractivity contribution in [2.45, 2.75) is 32.7 Å². The minimum atomic E-state index is -0.899. The van der Waals surface area contributed by atoms with Gasteiger partial charge in [-0.3, -0.25) is 0 Å². The molecule has 0 radical (unpaired) electrons. The van der Waals surface area contributed by atoms with E-state index in [0.717, 1.165) is 18.5 Å². The van der Waals surface area contributed by atoms with E-state index in [1.807, 2.05) is 6.92 Å². The van der Waals surface area contributed by atoms with E-state index in [-0.39, 0.29) is 0 Å². The number of carboxylic acids is 1. The first kappa shape index (κ1) is 10.9. The predicted octanol–water partition coefficient (Wildman–Crippen LogP) is 2.16. The maximum atomic E-state index is 10.9. The Bertz CT molecular complexity index is 417. The van der Waals surface area contributed by atoms with Gasteiger partial charge in [-0.2, -0.15) is 0 Å². The molecule has 0 amide bonds. The highest BCUT2D eigenvalue weighted by Gasteiger charge is 2.32. The Morgan fingerprint density at radius 2 is 2.31 bits per heavy atom. The zero-order chi connectivity index (χ0) is 11.7. The number of rotatable bonds is 4. The van der Waals surface area contributed by atoms with Gasteiger partial charge in [-0.25, -0.2) is 9.78 Å². The lowest BCUT2D eigenvalue weighted by atomic mass is 10.2. The van der Waals surface area contributed by atoms with Gasteiger partial charge in [0.1, 0.15) is 5.82 Å². The molecule has 0 saturated heterocycles. The van der Waals surface area contributed by atoms with Gasteiger partial charge in [0.2, 0.25) is 0 Å². The lowest BCUT2D eigenvalue weighted by molar-refractivity contribution is 0.0696. The van der Waals surface area contributed by atoms with Gasteiger partial charge < -0.3 is 10.4 Å². The molecule has 1 aromatic heterocycles. The number of nitrogens with zero attached hydrogens (tertiary/aromatic N) is 1. The van der Waals surface area contributed by atoms with Crippen LogP contribution in [0.5, 0.6) is 0 Å². The third-order valence-corrected chi connectivity index (χ3v) is 2.93. The number of nitrogens with one attached hydrogen (secondary N) is 1. The summed E-state index contributed by atoms with van der Waals surface area (Å²) in [5.41, 5.74) is 1.12. The number of hydrogen-bond acceptors (Lipinski definition) is 3. The maximum Gasteiger partial charge on any atom is 0.335 e. The molecular formula is C12H16N2O2. The maximum absolute atomic E-state index is 10.9. The first-order chi connectivity index (χ1) is 7.60. The Kier molecular flexibility index (Phi) is 2.81. The van der Waals surface area contributed by atoms with Crippen molar-refractivity contribution in [3.05, 3.63) is 23.4 Å². The molecule has 1 aliphatic carbocycles. The molecule has 1 aromatic rings. The average Bonchev–Trinajstić information content (AvgIpc) is 2.93. The van der Waals surface area contributed by atoms with E-state index in [1.54, 1.807) is 12.1 Å². The van der Waals surface area contributed by atoms with Crippen molar-refractivity contribution in [2.24, 2.45) is 5.92 Å². The largest absolute Gasteiger partial charge is 0.478 e. The highest BCUT2D eigenvalue weighted by Crippen LogP contribution is 2.32. The number of carboxylic acid groups (broad SMARTS) is 1. The van der Waals surface area contributed by atoms with E-state index in [0.29, 0.717) is 23.3 Å². The van der Waals surface area contributed by atoms with Gasteiger partial charge in [0.25, 0.3) is 0 Å². The number of aryl methyl sites for hydroxylation is 1. The summed E-state index contributed by atoms with van der Waals surface area (Å²) in [6.45, 7) is 4.14. The Morgan fingerprint density at radius 3 is 2.81 bits per heavy atom. The molecule has 2 atom stereocenters. The molecule has 4 heteroatoms. The van der Waals surface area contributed by atoms with Crippen LogP contribution in [0.15, 0.2) is 12.1 Å². The van der Waals surface area contributed by atoms with E-state index in [9.17, 15) is 4.79 Å². The highest BCUT2D eigenvalue weighted by atomic mass is 16.4. The van der Waals surface area contributed by atoms with Gasteiger partial charge >= 0.3 is 5.97 Å². The van der Waals surface area contributed by atoms with Crippen LogP contribution in [0.2, 0.25) is 0 Å². The molecule has 1 heterocycles. The summed E-state index contributed by atoms with van der Waals surface area (Å²) in [6.07, 6.45) is 1.89. The number of hydrogen-bond donors (Lipinski definition) is 2. The van der Waals surface area contributed by atoms with Crippen molar-refractivity contribution in [2.75, 3.05) is 5.32 Å². The quantitative estimate of drug-likeness (QED) is 0.816. The summed E-state index contributed by atoms with van der Waals surface area (Å²) in [5, 5.41) is 12.2. The second-order valence-electron chi connectivity index (χ2n) is 4.35. The van der Waals surface area contributed by atoms with Gasteiger partial charge in [-0.05, 0) is 30.9 Å². The molecule has 2 unspecified atom stereocenters. The van der Waals surface area contributed by atoms with Gasteiger partial charge in [-0.15, -0.1) is 0 Å². The van der Waals surface area contributed by atoms with Gasteiger partial charge in [0, 0.05) is 11.7 Å². The molecule has 2 N–H and O–H groups in total. The second kappa shape index (κ2) is 4.12. The average molecular weight is 220 g/mol. The minimum Gasteiger partial charge on any atom is -0.478 e. The van der Waals surface area contributed by atoms with Crippen molar-refractivity contribution < 1.29 is 9.90 Å². The fourth-order valence-electron chi connectivity index (χ4n) is 1.68. The zero-order valence-electron chi connectivity index (χ0n) is 9.53. The molecule has 4 nitrogen and oxygen atoms in total. The standard InChI is InChI=1S/C12H16N2O2/c1-3-9-5-8(12(15)16)6-11(13-9)14-10-4-7(10)2/h5-7,10H,3-4H2,1-2H3,(H,13,14)(H,15,16). The monoisotopic (exact) mass is 220 g/mol. The Labute approximate surface area is 94.7 Å². The summed E-state index contributed by atoms with van der Waals surface area (Å²) in [6, 6.07) is 3.69. The van der Waals surface area contributed by atoms with Crippen molar-refractivity contribution in [3.63, 3.8) is 0 Å². The Morgan fingerprint density at radius 1 is 1.62 bits per heavy atom. The SMILES string of the molecule is CCc1cc(C(=O)O)cc(NC2CC2C)n1. The molecule has 0 aromatic carbocycles. The molecule has 0 bridgehead atoms. The van der Waals surface area contributed by atoms with E-state index < -0.39 is 5.97 Å². The summed E-state index contributed by atoms with van der Waals surface area (Å²) >= 11 is 0. The number of pyridine rings is 1. The van der Waals surface area contributed by atoms with E-state index >= 15 is 0 Å². The number of carbonyl (C=O) groups is 1. The summed E-state index contributed by atoms with van der Waals surface area (Å²) in [5.74, 6) is 0.454. The third-order valence-electron chi connectivity index (χ3n) is 2.93. The number of anilines is 1. The highest BCUT2D eigenvalue weighted by molar-refractivity contribution is 5.88. The number of aromatic nitrogens is 1. The summed E-state index contributed by atoms with van der Waals surface area (Å²) in [7, 11) is 0. The lowest BCUT2D eigenvalue weighted by Crippen LogP contribution is -2.08. The van der Waals surface area contributed by atoms with Gasteiger partial charge in [0.05, 0.1) is 5.56 Å². The second-order valence-corrected chi connectivity index (χ2v) is 4.35. The molecule has 1 saturated carbocycles. The number of aromatic carboxylic acids is 1. The zero-order valence-corrected chi connectivity index (χ0v) is 9.53. The normalized spacial score (nSPS) is 22.9. The summed E-state index contributed by atoms with van der Waals surface area (Å²) < 4.78 is 0. The topological polar surface area (TPSA) is 62.2 Å². The van der Waals surface area contributed by atoms with Crippen LogP contribution < -0.4 is 5.32 Å². The van der Waals surface area contributed by atoms with Crippen molar-refractivity contribution >= 4 is 11.8 Å². The Hall–Kier alpha value is -1.58. The van der Waals surface area contributed by atoms with Gasteiger partial charge in [-0.1, -0.05) is 13.8 Å². The van der Waals surface area contributed by atoms with Crippen LogP contribution in [0.1, 0.15) is 36.3 Å². The lowest BCUT2D eigenvalue weighted by Gasteiger charge is -2.07. The molecule has 2 rings (SSSR count). The van der Waals surface area contributed by atoms with Crippen LogP contribution in [0.25, 0.3) is 0 Å². The van der Waals surface area contributed by atoms with E-state index in [1.165, 1.54) is 0 Å². The molecule has 86 valence electrons. The van der Waals surface area contributed by atoms with Crippen molar-refractivity contribution in [1.82, 2.24) is 4.98 Å². The first-order valence-corrected chi connectivity index (χ1v) is 5.61. The fourth-order valence-corrected chi connectivity index (χ4v) is 1.68. The van der Waals surface area contributed by atoms with Crippen LogP contribution >= 0.6 is 0 Å². The summed E-state index contributed by atoms with van der Waals surface area (Å²) in [4.78, 5) is 15.3. The third kappa shape index (κ3) is 2.32. The van der Waals surface area contributed by atoms with E-state index in [2.05, 4.69) is 17.2 Å². The van der Waals surface area contributed by atoms with Crippen LogP contribution in [-0.4, -0.2) is 22.1 Å². The van der Waals surface area contributed by atoms with Crippen molar-refractivity contribution in [1.29, 1.82) is 0 Å². The molecule has 1 aliphatic rings. The molecular weight excluding hydrogens is 204 g/mol. The first-order valence-electron chi connectivity index (χ1n) is 5.61. The molecule has 0 aliphatic heterocycles. The van der Waals surface area contributed by atoms with Crippen molar-refractivity contribution in [3.8, 4) is 0 Å². The fraction of sp³-hybridized carbons (Fsp3) is 0.500. The molecule has 1 fully saturated rings. The minimum absolute atomic E-state index is 0.308. The van der Waals surface area contributed by atoms with E-state index in [4.69, 9.17) is 5.11 Å². The van der Waals surface area contributed by atoms with Crippen LogP contribution in [-0.2, 0) is 6.42 Å². The Balaban J connectivity index is 2.22.